The summed E-state index contributed by atoms with van der Waals surface area (Å²) in [7, 11) is 2.01. The highest BCUT2D eigenvalue weighted by Crippen LogP contribution is 2.25. The van der Waals surface area contributed by atoms with Crippen molar-refractivity contribution in [2.45, 2.75) is 45.6 Å². The quantitative estimate of drug-likeness (QED) is 0.810. The topological polar surface area (TPSA) is 24.9 Å². The SMILES string of the molecule is CCCC(NC)c1nc(C(C)C)cs1. The number of hydrogen-bond acceptors (Lipinski definition) is 3. The van der Waals surface area contributed by atoms with Gasteiger partial charge < -0.3 is 5.32 Å². The minimum Gasteiger partial charge on any atom is -0.311 e. The zero-order valence-electron chi connectivity index (χ0n) is 9.50. The zero-order chi connectivity index (χ0) is 10.6. The molecule has 0 saturated heterocycles. The van der Waals surface area contributed by atoms with Gasteiger partial charge in [-0.15, -0.1) is 11.3 Å². The van der Waals surface area contributed by atoms with Crippen molar-refractivity contribution in [2.24, 2.45) is 0 Å². The molecule has 0 saturated carbocycles. The van der Waals surface area contributed by atoms with Crippen molar-refractivity contribution >= 4 is 11.3 Å². The summed E-state index contributed by atoms with van der Waals surface area (Å²) in [5.74, 6) is 0.541. The minimum atomic E-state index is 0.442. The monoisotopic (exact) mass is 212 g/mol. The van der Waals surface area contributed by atoms with Gasteiger partial charge in [-0.2, -0.15) is 0 Å². The van der Waals surface area contributed by atoms with E-state index in [9.17, 15) is 0 Å². The molecule has 1 aromatic rings. The molecule has 1 heterocycles. The summed E-state index contributed by atoms with van der Waals surface area (Å²) in [5, 5.41) is 6.73. The van der Waals surface area contributed by atoms with Gasteiger partial charge in [0.2, 0.25) is 0 Å². The van der Waals surface area contributed by atoms with Gasteiger partial charge in [-0.1, -0.05) is 27.2 Å². The molecule has 0 radical (unpaired) electrons. The lowest BCUT2D eigenvalue weighted by Gasteiger charge is -2.11. The first-order chi connectivity index (χ1) is 6.69. The summed E-state index contributed by atoms with van der Waals surface area (Å²) in [4.78, 5) is 4.66. The fraction of sp³-hybridized carbons (Fsp3) is 0.727. The summed E-state index contributed by atoms with van der Waals surface area (Å²) in [6.45, 7) is 6.58. The second kappa shape index (κ2) is 5.47. The van der Waals surface area contributed by atoms with Gasteiger partial charge in [-0.3, -0.25) is 0 Å². The molecule has 0 fully saturated rings. The van der Waals surface area contributed by atoms with Crippen molar-refractivity contribution in [3.8, 4) is 0 Å². The molecular formula is C11H20N2S. The first-order valence-corrected chi connectivity index (χ1v) is 6.19. The third kappa shape index (κ3) is 2.79. The van der Waals surface area contributed by atoms with Crippen LogP contribution in [0.15, 0.2) is 5.38 Å². The van der Waals surface area contributed by atoms with Crippen LogP contribution < -0.4 is 5.32 Å². The van der Waals surface area contributed by atoms with E-state index in [0.29, 0.717) is 12.0 Å². The third-order valence-electron chi connectivity index (χ3n) is 2.36. The van der Waals surface area contributed by atoms with E-state index < -0.39 is 0 Å². The van der Waals surface area contributed by atoms with Crippen molar-refractivity contribution < 1.29 is 0 Å². The van der Waals surface area contributed by atoms with E-state index in [1.54, 1.807) is 11.3 Å². The number of thiazole rings is 1. The Bertz CT molecular complexity index is 268. The van der Waals surface area contributed by atoms with Crippen molar-refractivity contribution in [2.75, 3.05) is 7.05 Å². The largest absolute Gasteiger partial charge is 0.311 e. The first-order valence-electron chi connectivity index (χ1n) is 5.31. The van der Waals surface area contributed by atoms with Crippen LogP contribution >= 0.6 is 11.3 Å². The van der Waals surface area contributed by atoms with Gasteiger partial charge in [-0.05, 0) is 19.4 Å². The predicted molar refractivity (Wildman–Crippen MR) is 62.9 cm³/mol. The van der Waals surface area contributed by atoms with Gasteiger partial charge >= 0.3 is 0 Å². The molecule has 1 rings (SSSR count). The summed E-state index contributed by atoms with van der Waals surface area (Å²) in [5.41, 5.74) is 1.22. The average molecular weight is 212 g/mol. The van der Waals surface area contributed by atoms with Crippen molar-refractivity contribution in [3.05, 3.63) is 16.1 Å². The molecule has 1 atom stereocenters. The Balaban J connectivity index is 2.73. The van der Waals surface area contributed by atoms with Crippen LogP contribution in [-0.2, 0) is 0 Å². The molecule has 14 heavy (non-hydrogen) atoms. The molecule has 0 aliphatic rings. The van der Waals surface area contributed by atoms with E-state index >= 15 is 0 Å². The lowest BCUT2D eigenvalue weighted by atomic mass is 10.1. The van der Waals surface area contributed by atoms with Crippen LogP contribution in [0.1, 0.15) is 56.3 Å². The Morgan fingerprint density at radius 2 is 2.21 bits per heavy atom. The van der Waals surface area contributed by atoms with E-state index in [1.165, 1.54) is 23.5 Å². The van der Waals surface area contributed by atoms with Gasteiger partial charge in [0.05, 0.1) is 11.7 Å². The number of rotatable bonds is 5. The zero-order valence-corrected chi connectivity index (χ0v) is 10.3. The Morgan fingerprint density at radius 3 is 2.64 bits per heavy atom. The Kier molecular flexibility index (Phi) is 4.55. The van der Waals surface area contributed by atoms with Gasteiger partial charge in [0.15, 0.2) is 0 Å². The molecule has 0 aliphatic heterocycles. The molecule has 0 aromatic carbocycles. The van der Waals surface area contributed by atoms with Crippen LogP contribution in [0.3, 0.4) is 0 Å². The van der Waals surface area contributed by atoms with E-state index in [-0.39, 0.29) is 0 Å². The van der Waals surface area contributed by atoms with Gasteiger partial charge in [0, 0.05) is 5.38 Å². The molecule has 3 heteroatoms. The molecule has 0 amide bonds. The molecule has 2 nitrogen and oxygen atoms in total. The summed E-state index contributed by atoms with van der Waals surface area (Å²) >= 11 is 1.78. The number of hydrogen-bond donors (Lipinski definition) is 1. The average Bonchev–Trinajstić information content (AvgIpc) is 2.63. The van der Waals surface area contributed by atoms with Gasteiger partial charge in [-0.25, -0.2) is 4.98 Å². The Hall–Kier alpha value is -0.410. The van der Waals surface area contributed by atoms with Gasteiger partial charge in [0.25, 0.3) is 0 Å². The highest BCUT2D eigenvalue weighted by Gasteiger charge is 2.13. The lowest BCUT2D eigenvalue weighted by molar-refractivity contribution is 0.537. The highest BCUT2D eigenvalue weighted by molar-refractivity contribution is 7.09. The second-order valence-electron chi connectivity index (χ2n) is 3.90. The summed E-state index contributed by atoms with van der Waals surface area (Å²) in [6.07, 6.45) is 2.36. The van der Waals surface area contributed by atoms with Crippen LogP contribution in [0.5, 0.6) is 0 Å². The Labute approximate surface area is 90.8 Å². The fourth-order valence-electron chi connectivity index (χ4n) is 1.41. The number of aromatic nitrogens is 1. The summed E-state index contributed by atoms with van der Waals surface area (Å²) < 4.78 is 0. The maximum atomic E-state index is 4.66. The highest BCUT2D eigenvalue weighted by atomic mass is 32.1. The number of nitrogens with one attached hydrogen (secondary N) is 1. The maximum Gasteiger partial charge on any atom is 0.110 e. The summed E-state index contributed by atoms with van der Waals surface area (Å²) in [6, 6.07) is 0.442. The third-order valence-corrected chi connectivity index (χ3v) is 3.33. The van der Waals surface area contributed by atoms with E-state index in [2.05, 4.69) is 36.5 Å². The standard InChI is InChI=1S/C11H20N2S/c1-5-6-9(12-4)11-13-10(7-14-11)8(2)3/h7-9,12H,5-6H2,1-4H3. The van der Waals surface area contributed by atoms with E-state index in [1.807, 2.05) is 7.05 Å². The van der Waals surface area contributed by atoms with E-state index in [0.717, 1.165) is 0 Å². The van der Waals surface area contributed by atoms with Crippen molar-refractivity contribution in [1.29, 1.82) is 0 Å². The van der Waals surface area contributed by atoms with Crippen LogP contribution in [0.2, 0.25) is 0 Å². The maximum absolute atomic E-state index is 4.66. The normalized spacial score (nSPS) is 13.5. The van der Waals surface area contributed by atoms with Crippen LogP contribution in [0.25, 0.3) is 0 Å². The number of nitrogens with zero attached hydrogens (tertiary/aromatic N) is 1. The Morgan fingerprint density at radius 1 is 1.50 bits per heavy atom. The van der Waals surface area contributed by atoms with Crippen molar-refractivity contribution in [1.82, 2.24) is 10.3 Å². The van der Waals surface area contributed by atoms with Crippen molar-refractivity contribution in [3.63, 3.8) is 0 Å². The molecule has 80 valence electrons. The molecule has 0 aliphatic carbocycles. The molecule has 1 N–H and O–H groups in total. The second-order valence-corrected chi connectivity index (χ2v) is 4.78. The van der Waals surface area contributed by atoms with Crippen LogP contribution in [0, 0.1) is 0 Å². The van der Waals surface area contributed by atoms with Crippen LogP contribution in [-0.4, -0.2) is 12.0 Å². The van der Waals surface area contributed by atoms with Crippen LogP contribution in [0.4, 0.5) is 0 Å². The fourth-order valence-corrected chi connectivity index (χ4v) is 2.53. The molecule has 0 spiro atoms. The molecular weight excluding hydrogens is 192 g/mol. The lowest BCUT2D eigenvalue weighted by Crippen LogP contribution is -2.15. The molecule has 0 bridgehead atoms. The predicted octanol–water partition coefficient (Wildman–Crippen LogP) is 3.33. The molecule has 1 unspecified atom stereocenters. The molecule has 1 aromatic heterocycles. The van der Waals surface area contributed by atoms with Gasteiger partial charge in [0.1, 0.15) is 5.01 Å². The van der Waals surface area contributed by atoms with E-state index in [4.69, 9.17) is 0 Å². The first kappa shape index (κ1) is 11.7. The smallest absolute Gasteiger partial charge is 0.110 e. The minimum absolute atomic E-state index is 0.442.